The van der Waals surface area contributed by atoms with E-state index in [9.17, 15) is 4.21 Å². The van der Waals surface area contributed by atoms with Crippen LogP contribution in [0.3, 0.4) is 0 Å². The van der Waals surface area contributed by atoms with Gasteiger partial charge in [0.25, 0.3) is 0 Å². The number of rotatable bonds is 5. The quantitative estimate of drug-likeness (QED) is 0.744. The van der Waals surface area contributed by atoms with Gasteiger partial charge >= 0.3 is 0 Å². The van der Waals surface area contributed by atoms with Crippen molar-refractivity contribution in [2.45, 2.75) is 39.4 Å². The summed E-state index contributed by atoms with van der Waals surface area (Å²) in [5.41, 5.74) is 7.81. The summed E-state index contributed by atoms with van der Waals surface area (Å²) in [6.07, 6.45) is 2.98. The zero-order valence-corrected chi connectivity index (χ0v) is 19.3. The van der Waals surface area contributed by atoms with E-state index in [0.717, 1.165) is 44.8 Å². The minimum Gasteiger partial charge on any atom is -0.370 e. The smallest absolute Gasteiger partial charge is 0.0573 e. The van der Waals surface area contributed by atoms with Crippen molar-refractivity contribution >= 4 is 21.1 Å². The van der Waals surface area contributed by atoms with Gasteiger partial charge in [0.2, 0.25) is 0 Å². The summed E-state index contributed by atoms with van der Waals surface area (Å²) in [5, 5.41) is 3.72. The Morgan fingerprint density at radius 1 is 1.30 bits per heavy atom. The van der Waals surface area contributed by atoms with Crippen molar-refractivity contribution in [3.05, 3.63) is 58.4 Å². The highest BCUT2D eigenvalue weighted by Gasteiger charge is 2.26. The molecule has 5 nitrogen and oxygen atoms in total. The number of nitrogens with one attached hydrogen (secondary N) is 1. The van der Waals surface area contributed by atoms with Crippen LogP contribution in [0.2, 0.25) is 0 Å². The number of fused-ring (bicyclic) bond motifs is 1. The van der Waals surface area contributed by atoms with Crippen molar-refractivity contribution in [3.8, 4) is 0 Å². The molecule has 1 aromatic carbocycles. The molecule has 3 heterocycles. The van der Waals surface area contributed by atoms with Crippen molar-refractivity contribution in [3.63, 3.8) is 0 Å². The topological polar surface area (TPSA) is 48.5 Å². The molecule has 0 bridgehead atoms. The molecule has 30 heavy (non-hydrogen) atoms. The summed E-state index contributed by atoms with van der Waals surface area (Å²) < 4.78 is 12.3. The van der Waals surface area contributed by atoms with Crippen LogP contribution in [0.25, 0.3) is 0 Å². The molecule has 162 valence electrons. The fourth-order valence-corrected chi connectivity index (χ4v) is 5.94. The van der Waals surface area contributed by atoms with E-state index in [1.807, 2.05) is 6.20 Å². The summed E-state index contributed by atoms with van der Waals surface area (Å²) in [7, 11) is 0.306. The first-order chi connectivity index (χ1) is 14.3. The molecule has 1 aromatic heterocycles. The van der Waals surface area contributed by atoms with Gasteiger partial charge in [0.15, 0.2) is 0 Å². The fraction of sp³-hybridized carbons (Fsp3) is 0.500. The molecule has 1 atom stereocenters. The average molecular weight is 427 g/mol. The van der Waals surface area contributed by atoms with Gasteiger partial charge in [-0.15, -0.1) is 0 Å². The van der Waals surface area contributed by atoms with Crippen LogP contribution < -0.4 is 10.2 Å². The second-order valence-corrected chi connectivity index (χ2v) is 11.8. The highest BCUT2D eigenvalue weighted by Crippen LogP contribution is 2.29. The van der Waals surface area contributed by atoms with Crippen LogP contribution in [-0.2, 0) is 29.0 Å². The number of aryl methyl sites for hydroxylation is 2. The molecule has 1 N–H and O–H groups in total. The maximum atomic E-state index is 12.3. The van der Waals surface area contributed by atoms with Crippen LogP contribution in [0.4, 0.5) is 5.69 Å². The van der Waals surface area contributed by atoms with Crippen molar-refractivity contribution in [1.29, 1.82) is 0 Å². The van der Waals surface area contributed by atoms with E-state index in [1.165, 1.54) is 27.9 Å². The van der Waals surface area contributed by atoms with Crippen LogP contribution in [0.5, 0.6) is 0 Å². The van der Waals surface area contributed by atoms with Gasteiger partial charge in [-0.1, -0.05) is 18.2 Å². The molecule has 2 aliphatic heterocycles. The summed E-state index contributed by atoms with van der Waals surface area (Å²) in [4.78, 5) is 9.42. The molecule has 4 rings (SSSR count). The standard InChI is InChI=1S/C24H34N4OS/c1-18-12-19(2)23(26-14-18)17-27(3)16-21-13-22-20(15-25-21)6-5-7-24(22)28-8-10-30(4,29)11-9-28/h5-7,12,14,21,25H,4,8-11,13,15-17H2,1-3H3/t21-/m1/s1. The van der Waals surface area contributed by atoms with E-state index in [2.05, 4.69) is 71.1 Å². The molecule has 0 unspecified atom stereocenters. The predicted molar refractivity (Wildman–Crippen MR) is 128 cm³/mol. The van der Waals surface area contributed by atoms with Gasteiger partial charge in [0, 0.05) is 62.2 Å². The lowest BCUT2D eigenvalue weighted by Crippen LogP contribution is -2.45. The average Bonchev–Trinajstić information content (AvgIpc) is 2.70. The lowest BCUT2D eigenvalue weighted by molar-refractivity contribution is 0.271. The number of hydrogen-bond donors (Lipinski definition) is 1. The zero-order valence-electron chi connectivity index (χ0n) is 18.5. The molecule has 1 fully saturated rings. The Balaban J connectivity index is 1.44. The third kappa shape index (κ3) is 4.88. The molecule has 0 aliphatic carbocycles. The first kappa shape index (κ1) is 21.3. The minimum absolute atomic E-state index is 0.413. The highest BCUT2D eigenvalue weighted by atomic mass is 32.2. The Hall–Kier alpha value is -1.89. The second kappa shape index (κ2) is 8.69. The number of hydrogen-bond acceptors (Lipinski definition) is 5. The molecule has 1 saturated heterocycles. The molecule has 2 aliphatic rings. The molecule has 0 amide bonds. The minimum atomic E-state index is -1.87. The Bertz CT molecular complexity index is 1000. The van der Waals surface area contributed by atoms with Gasteiger partial charge in [-0.25, -0.2) is 0 Å². The third-order valence-corrected chi connectivity index (χ3v) is 8.22. The van der Waals surface area contributed by atoms with E-state index in [0.29, 0.717) is 17.5 Å². The van der Waals surface area contributed by atoms with Crippen LogP contribution in [0, 0.1) is 13.8 Å². The number of aromatic nitrogens is 1. The fourth-order valence-electron chi connectivity index (χ4n) is 4.63. The predicted octanol–water partition coefficient (Wildman–Crippen LogP) is 2.38. The lowest BCUT2D eigenvalue weighted by atomic mass is 9.93. The Morgan fingerprint density at radius 2 is 2.07 bits per heavy atom. The summed E-state index contributed by atoms with van der Waals surface area (Å²) >= 11 is 0. The van der Waals surface area contributed by atoms with Crippen LogP contribution in [-0.4, -0.2) is 64.2 Å². The van der Waals surface area contributed by atoms with E-state index >= 15 is 0 Å². The monoisotopic (exact) mass is 426 g/mol. The zero-order chi connectivity index (χ0) is 21.3. The van der Waals surface area contributed by atoms with Crippen molar-refractivity contribution in [1.82, 2.24) is 15.2 Å². The molecule has 6 heteroatoms. The largest absolute Gasteiger partial charge is 0.370 e. The number of likely N-dealkylation sites (N-methyl/N-ethyl adjacent to an activating group) is 1. The normalized spacial score (nSPS) is 20.9. The molecular weight excluding hydrogens is 392 g/mol. The highest BCUT2D eigenvalue weighted by molar-refractivity contribution is 8.00. The molecular formula is C24H34N4OS. The van der Waals surface area contributed by atoms with Gasteiger partial charge in [0.05, 0.1) is 5.69 Å². The van der Waals surface area contributed by atoms with Crippen molar-refractivity contribution in [2.75, 3.05) is 43.1 Å². The first-order valence-corrected chi connectivity index (χ1v) is 12.9. The molecule has 0 radical (unpaired) electrons. The summed E-state index contributed by atoms with van der Waals surface area (Å²) in [6, 6.07) is 9.25. The van der Waals surface area contributed by atoms with Crippen LogP contribution in [0.1, 0.15) is 27.9 Å². The second-order valence-electron chi connectivity index (χ2n) is 9.03. The lowest BCUT2D eigenvalue weighted by Gasteiger charge is -2.36. The number of pyridine rings is 1. The number of anilines is 1. The summed E-state index contributed by atoms with van der Waals surface area (Å²) in [5.74, 6) is 5.31. The molecule has 2 aromatic rings. The maximum Gasteiger partial charge on any atom is 0.0573 e. The maximum absolute atomic E-state index is 12.3. The van der Waals surface area contributed by atoms with Gasteiger partial charge < -0.3 is 10.2 Å². The van der Waals surface area contributed by atoms with E-state index < -0.39 is 9.52 Å². The Kier molecular flexibility index (Phi) is 6.19. The van der Waals surface area contributed by atoms with Gasteiger partial charge in [-0.3, -0.25) is 14.1 Å². The number of nitrogens with zero attached hydrogens (tertiary/aromatic N) is 3. The van der Waals surface area contributed by atoms with Crippen molar-refractivity contribution in [2.24, 2.45) is 0 Å². The third-order valence-electron chi connectivity index (χ3n) is 6.36. The molecule has 0 saturated carbocycles. The Labute approximate surface area is 181 Å². The van der Waals surface area contributed by atoms with Gasteiger partial charge in [0.1, 0.15) is 0 Å². The Morgan fingerprint density at radius 3 is 2.80 bits per heavy atom. The van der Waals surface area contributed by atoms with Gasteiger partial charge in [-0.05, 0) is 71.0 Å². The SMILES string of the molecule is C=S1(=O)CCN(c2cccc3c2C[C@H](CN(C)Cc2ncc(C)cc2C)NC3)CC1. The van der Waals surface area contributed by atoms with Crippen LogP contribution >= 0.6 is 0 Å². The van der Waals surface area contributed by atoms with Crippen molar-refractivity contribution < 1.29 is 4.21 Å². The first-order valence-electron chi connectivity index (χ1n) is 10.8. The summed E-state index contributed by atoms with van der Waals surface area (Å²) in [6.45, 7) is 8.67. The van der Waals surface area contributed by atoms with Crippen LogP contribution in [0.15, 0.2) is 30.5 Å². The number of benzene rings is 1. The van der Waals surface area contributed by atoms with E-state index in [4.69, 9.17) is 0 Å². The van der Waals surface area contributed by atoms with E-state index in [-0.39, 0.29) is 0 Å². The van der Waals surface area contributed by atoms with E-state index in [1.54, 1.807) is 0 Å². The molecule has 0 spiro atoms. The van der Waals surface area contributed by atoms with Gasteiger partial charge in [-0.2, -0.15) is 0 Å².